The Morgan fingerprint density at radius 1 is 1.05 bits per heavy atom. The zero-order valence-corrected chi connectivity index (χ0v) is 12.5. The van der Waals surface area contributed by atoms with Crippen molar-refractivity contribution in [1.82, 2.24) is 5.32 Å². The van der Waals surface area contributed by atoms with E-state index >= 15 is 0 Å². The fraction of sp³-hybridized carbons (Fsp3) is 0.444. The third-order valence-corrected chi connectivity index (χ3v) is 3.93. The van der Waals surface area contributed by atoms with Crippen molar-refractivity contribution in [2.75, 3.05) is 13.2 Å². The highest BCUT2D eigenvalue weighted by Gasteiger charge is 2.08. The molecular formula is C18H25NO. The van der Waals surface area contributed by atoms with Crippen molar-refractivity contribution >= 4 is 10.8 Å². The SMILES string of the molecule is CC(CO)CCCNC(C)c1cccc2ccccc12. The third kappa shape index (κ3) is 3.81. The number of hydrogen-bond donors (Lipinski definition) is 2. The first-order chi connectivity index (χ1) is 9.72. The van der Waals surface area contributed by atoms with Crippen molar-refractivity contribution in [3.8, 4) is 0 Å². The molecule has 0 aromatic heterocycles. The molecule has 2 aromatic rings. The van der Waals surface area contributed by atoms with Gasteiger partial charge in [0.05, 0.1) is 0 Å². The van der Waals surface area contributed by atoms with E-state index < -0.39 is 0 Å². The molecule has 2 atom stereocenters. The summed E-state index contributed by atoms with van der Waals surface area (Å²) < 4.78 is 0. The van der Waals surface area contributed by atoms with E-state index in [1.54, 1.807) is 0 Å². The minimum atomic E-state index is 0.291. The third-order valence-electron chi connectivity index (χ3n) is 3.93. The quantitative estimate of drug-likeness (QED) is 0.749. The van der Waals surface area contributed by atoms with Crippen molar-refractivity contribution in [3.63, 3.8) is 0 Å². The number of hydrogen-bond acceptors (Lipinski definition) is 2. The summed E-state index contributed by atoms with van der Waals surface area (Å²) in [5, 5.41) is 15.2. The van der Waals surface area contributed by atoms with Crippen LogP contribution in [0.2, 0.25) is 0 Å². The van der Waals surface area contributed by atoms with Gasteiger partial charge in [-0.05, 0) is 48.6 Å². The van der Waals surface area contributed by atoms with Crippen LogP contribution in [-0.2, 0) is 0 Å². The van der Waals surface area contributed by atoms with Crippen molar-refractivity contribution in [1.29, 1.82) is 0 Å². The Morgan fingerprint density at radius 3 is 2.60 bits per heavy atom. The largest absolute Gasteiger partial charge is 0.396 e. The number of benzene rings is 2. The number of aliphatic hydroxyl groups is 1. The highest BCUT2D eigenvalue weighted by atomic mass is 16.3. The molecule has 2 N–H and O–H groups in total. The Balaban J connectivity index is 1.96. The molecule has 2 heteroatoms. The summed E-state index contributed by atoms with van der Waals surface area (Å²) in [4.78, 5) is 0. The fourth-order valence-electron chi connectivity index (χ4n) is 2.60. The maximum absolute atomic E-state index is 9.02. The molecule has 0 aliphatic heterocycles. The van der Waals surface area contributed by atoms with E-state index in [4.69, 9.17) is 5.11 Å². The topological polar surface area (TPSA) is 32.3 Å². The van der Waals surface area contributed by atoms with Gasteiger partial charge in [0.15, 0.2) is 0 Å². The average molecular weight is 271 g/mol. The van der Waals surface area contributed by atoms with Crippen LogP contribution in [-0.4, -0.2) is 18.3 Å². The zero-order valence-electron chi connectivity index (χ0n) is 12.5. The van der Waals surface area contributed by atoms with Crippen LogP contribution >= 0.6 is 0 Å². The van der Waals surface area contributed by atoms with Gasteiger partial charge < -0.3 is 10.4 Å². The minimum Gasteiger partial charge on any atom is -0.396 e. The summed E-state index contributed by atoms with van der Waals surface area (Å²) in [6.07, 6.45) is 2.18. The maximum Gasteiger partial charge on any atom is 0.0456 e. The molecule has 0 radical (unpaired) electrons. The predicted octanol–water partition coefficient (Wildman–Crippen LogP) is 3.90. The molecule has 0 amide bonds. The second kappa shape index (κ2) is 7.41. The molecule has 2 rings (SSSR count). The van der Waals surface area contributed by atoms with Crippen LogP contribution in [0.5, 0.6) is 0 Å². The first-order valence-electron chi connectivity index (χ1n) is 7.54. The zero-order chi connectivity index (χ0) is 14.4. The molecule has 0 saturated carbocycles. The monoisotopic (exact) mass is 271 g/mol. The number of rotatable bonds is 7. The first-order valence-corrected chi connectivity index (χ1v) is 7.54. The number of aliphatic hydroxyl groups excluding tert-OH is 1. The predicted molar refractivity (Wildman–Crippen MR) is 85.8 cm³/mol. The normalized spacial score (nSPS) is 14.3. The van der Waals surface area contributed by atoms with Gasteiger partial charge in [-0.25, -0.2) is 0 Å². The highest BCUT2D eigenvalue weighted by Crippen LogP contribution is 2.23. The van der Waals surface area contributed by atoms with Crippen LogP contribution in [0.3, 0.4) is 0 Å². The summed E-state index contributed by atoms with van der Waals surface area (Å²) in [6, 6.07) is 15.4. The lowest BCUT2D eigenvalue weighted by atomic mass is 9.99. The van der Waals surface area contributed by atoms with Crippen LogP contribution < -0.4 is 5.32 Å². The van der Waals surface area contributed by atoms with Crippen molar-refractivity contribution < 1.29 is 5.11 Å². The molecule has 108 valence electrons. The van der Waals surface area contributed by atoms with E-state index in [1.807, 2.05) is 0 Å². The number of nitrogens with one attached hydrogen (secondary N) is 1. The first kappa shape index (κ1) is 15.0. The molecule has 20 heavy (non-hydrogen) atoms. The molecular weight excluding hydrogens is 246 g/mol. The average Bonchev–Trinajstić information content (AvgIpc) is 2.50. The van der Waals surface area contributed by atoms with Gasteiger partial charge in [0.25, 0.3) is 0 Å². The van der Waals surface area contributed by atoms with Crippen LogP contribution in [0.4, 0.5) is 0 Å². The Kier molecular flexibility index (Phi) is 5.57. The molecule has 0 heterocycles. The molecule has 0 aliphatic carbocycles. The van der Waals surface area contributed by atoms with Crippen molar-refractivity contribution in [3.05, 3.63) is 48.0 Å². The van der Waals surface area contributed by atoms with Crippen molar-refractivity contribution in [2.24, 2.45) is 5.92 Å². The van der Waals surface area contributed by atoms with Gasteiger partial charge in [-0.15, -0.1) is 0 Å². The molecule has 2 aromatic carbocycles. The number of fused-ring (bicyclic) bond motifs is 1. The Bertz CT molecular complexity index is 532. The van der Waals surface area contributed by atoms with Crippen LogP contribution in [0.25, 0.3) is 10.8 Å². The van der Waals surface area contributed by atoms with Gasteiger partial charge >= 0.3 is 0 Å². The second-order valence-corrected chi connectivity index (χ2v) is 5.67. The summed E-state index contributed by atoms with van der Waals surface area (Å²) >= 11 is 0. The van der Waals surface area contributed by atoms with E-state index in [0.717, 1.165) is 19.4 Å². The molecule has 0 aliphatic rings. The summed E-state index contributed by atoms with van der Waals surface area (Å²) in [5.41, 5.74) is 1.36. The molecule has 0 saturated heterocycles. The van der Waals surface area contributed by atoms with Gasteiger partial charge in [-0.1, -0.05) is 49.4 Å². The highest BCUT2D eigenvalue weighted by molar-refractivity contribution is 5.86. The molecule has 0 fully saturated rings. The van der Waals surface area contributed by atoms with Gasteiger partial charge in [-0.2, -0.15) is 0 Å². The van der Waals surface area contributed by atoms with Crippen LogP contribution in [0.15, 0.2) is 42.5 Å². The maximum atomic E-state index is 9.02. The Labute approximate surface area is 121 Å². The van der Waals surface area contributed by atoms with Gasteiger partial charge in [0.2, 0.25) is 0 Å². The van der Waals surface area contributed by atoms with E-state index in [2.05, 4.69) is 61.6 Å². The lowest BCUT2D eigenvalue weighted by molar-refractivity contribution is 0.227. The molecule has 0 spiro atoms. The fourth-order valence-corrected chi connectivity index (χ4v) is 2.60. The van der Waals surface area contributed by atoms with Gasteiger partial charge in [-0.3, -0.25) is 0 Å². The van der Waals surface area contributed by atoms with Crippen molar-refractivity contribution in [2.45, 2.75) is 32.7 Å². The Morgan fingerprint density at radius 2 is 1.80 bits per heavy atom. The summed E-state index contributed by atoms with van der Waals surface area (Å²) in [6.45, 7) is 5.60. The molecule has 0 bridgehead atoms. The lowest BCUT2D eigenvalue weighted by Gasteiger charge is -2.17. The van der Waals surface area contributed by atoms with Gasteiger partial charge in [0.1, 0.15) is 0 Å². The molecule has 2 nitrogen and oxygen atoms in total. The van der Waals surface area contributed by atoms with E-state index in [0.29, 0.717) is 18.6 Å². The van der Waals surface area contributed by atoms with E-state index in [-0.39, 0.29) is 0 Å². The summed E-state index contributed by atoms with van der Waals surface area (Å²) in [5.74, 6) is 0.407. The Hall–Kier alpha value is -1.38. The standard InChI is InChI=1S/C18H25NO/c1-14(13-20)7-6-12-19-15(2)17-11-5-9-16-8-3-4-10-18(16)17/h3-5,8-11,14-15,19-20H,6-7,12-13H2,1-2H3. The molecule has 2 unspecified atom stereocenters. The van der Waals surface area contributed by atoms with Gasteiger partial charge in [0, 0.05) is 12.6 Å². The lowest BCUT2D eigenvalue weighted by Crippen LogP contribution is -2.20. The van der Waals surface area contributed by atoms with Crippen LogP contribution in [0, 0.1) is 5.92 Å². The van der Waals surface area contributed by atoms with Crippen LogP contribution in [0.1, 0.15) is 38.3 Å². The minimum absolute atomic E-state index is 0.291. The summed E-state index contributed by atoms with van der Waals surface area (Å²) in [7, 11) is 0. The smallest absolute Gasteiger partial charge is 0.0456 e. The van der Waals surface area contributed by atoms with E-state index in [9.17, 15) is 0 Å². The van der Waals surface area contributed by atoms with E-state index in [1.165, 1.54) is 16.3 Å². The second-order valence-electron chi connectivity index (χ2n) is 5.67.